The molecule has 2 aromatic rings. The average molecular weight is 406 g/mol. The van der Waals surface area contributed by atoms with E-state index in [4.69, 9.17) is 0 Å². The molecule has 9 heteroatoms. The summed E-state index contributed by atoms with van der Waals surface area (Å²) in [5, 5.41) is 15.8. The van der Waals surface area contributed by atoms with Crippen LogP contribution in [-0.4, -0.2) is 35.4 Å². The quantitative estimate of drug-likeness (QED) is 0.446. The number of hydrogen-bond donors (Lipinski definition) is 2. The number of benzene rings is 2. The Balaban J connectivity index is 1.65. The second kappa shape index (κ2) is 6.38. The van der Waals surface area contributed by atoms with E-state index in [-0.39, 0.29) is 18.0 Å². The predicted octanol–water partition coefficient (Wildman–Crippen LogP) is 1.87. The Hall–Kier alpha value is -3.75. The second-order valence-corrected chi connectivity index (χ2v) is 7.97. The Morgan fingerprint density at radius 2 is 1.73 bits per heavy atom. The fourth-order valence-corrected chi connectivity index (χ4v) is 5.09. The number of fused-ring (bicyclic) bond motifs is 4. The third-order valence-electron chi connectivity index (χ3n) is 6.46. The van der Waals surface area contributed by atoms with Gasteiger partial charge in [-0.3, -0.25) is 30.3 Å². The standard InChI is InChI=1S/C21H18N4O5/c26-18-21(19(27)23-20(28)22-18)10-13-8-15(25(29)30)6-7-16(13)24-11-14(9-17(21)24)12-4-2-1-3-5-12/h1-8,14,17H,9-11H2,(H2,22,23,26,27,28). The zero-order valence-corrected chi connectivity index (χ0v) is 15.8. The first-order chi connectivity index (χ1) is 14.4. The first kappa shape index (κ1) is 18.3. The number of nitro groups is 1. The van der Waals surface area contributed by atoms with Crippen molar-refractivity contribution in [3.8, 4) is 0 Å². The van der Waals surface area contributed by atoms with Gasteiger partial charge in [-0.2, -0.15) is 0 Å². The van der Waals surface area contributed by atoms with Gasteiger partial charge in [0.2, 0.25) is 11.8 Å². The maximum Gasteiger partial charge on any atom is 0.328 e. The highest BCUT2D eigenvalue weighted by Gasteiger charge is 2.62. The number of imide groups is 2. The number of nitrogens with one attached hydrogen (secondary N) is 2. The maximum absolute atomic E-state index is 13.1. The van der Waals surface area contributed by atoms with E-state index in [9.17, 15) is 24.5 Å². The topological polar surface area (TPSA) is 122 Å². The lowest BCUT2D eigenvalue weighted by molar-refractivity contribution is -0.384. The number of nitrogens with zero attached hydrogens (tertiary/aromatic N) is 2. The van der Waals surface area contributed by atoms with Crippen LogP contribution in [0, 0.1) is 15.5 Å². The van der Waals surface area contributed by atoms with Crippen molar-refractivity contribution >= 4 is 29.2 Å². The molecule has 3 aliphatic rings. The molecule has 2 unspecified atom stereocenters. The van der Waals surface area contributed by atoms with E-state index < -0.39 is 34.2 Å². The molecule has 0 saturated carbocycles. The number of hydrogen-bond acceptors (Lipinski definition) is 6. The Morgan fingerprint density at radius 1 is 1.03 bits per heavy atom. The van der Waals surface area contributed by atoms with Crippen LogP contribution in [0.3, 0.4) is 0 Å². The molecule has 2 atom stereocenters. The molecule has 3 heterocycles. The van der Waals surface area contributed by atoms with E-state index >= 15 is 0 Å². The SMILES string of the molecule is O=C1NC(=O)C2(Cc3cc([N+](=O)[O-])ccc3N3CC(c4ccccc4)CC32)C(=O)N1. The molecular formula is C21H18N4O5. The van der Waals surface area contributed by atoms with Crippen molar-refractivity contribution in [3.05, 3.63) is 69.8 Å². The number of anilines is 1. The molecule has 0 aromatic heterocycles. The summed E-state index contributed by atoms with van der Waals surface area (Å²) < 4.78 is 0. The molecule has 0 bridgehead atoms. The van der Waals surface area contributed by atoms with Gasteiger partial charge < -0.3 is 4.90 Å². The number of nitro benzene ring substituents is 1. The molecular weight excluding hydrogens is 388 g/mol. The number of carbonyl (C=O) groups excluding carboxylic acids is 3. The lowest BCUT2D eigenvalue weighted by Gasteiger charge is -2.47. The van der Waals surface area contributed by atoms with Crippen LogP contribution in [0.25, 0.3) is 0 Å². The van der Waals surface area contributed by atoms with Crippen LogP contribution >= 0.6 is 0 Å². The van der Waals surface area contributed by atoms with E-state index in [1.807, 2.05) is 35.2 Å². The average Bonchev–Trinajstić information content (AvgIpc) is 3.18. The largest absolute Gasteiger partial charge is 0.366 e. The van der Waals surface area contributed by atoms with Crippen LogP contribution in [0.15, 0.2) is 48.5 Å². The van der Waals surface area contributed by atoms with E-state index in [0.717, 1.165) is 11.3 Å². The van der Waals surface area contributed by atoms with Crippen LogP contribution in [0.4, 0.5) is 16.2 Å². The molecule has 3 aliphatic heterocycles. The summed E-state index contributed by atoms with van der Waals surface area (Å²) in [6.07, 6.45) is 0.549. The highest BCUT2D eigenvalue weighted by Crippen LogP contribution is 2.50. The van der Waals surface area contributed by atoms with Gasteiger partial charge in [-0.05, 0) is 23.6 Å². The van der Waals surface area contributed by atoms with Gasteiger partial charge in [0, 0.05) is 36.7 Å². The summed E-state index contributed by atoms with van der Waals surface area (Å²) >= 11 is 0. The summed E-state index contributed by atoms with van der Waals surface area (Å²) in [7, 11) is 0. The Bertz CT molecular complexity index is 1080. The van der Waals surface area contributed by atoms with Crippen molar-refractivity contribution in [2.24, 2.45) is 5.41 Å². The Morgan fingerprint density at radius 3 is 2.40 bits per heavy atom. The van der Waals surface area contributed by atoms with Crippen molar-refractivity contribution in [2.75, 3.05) is 11.4 Å². The van der Waals surface area contributed by atoms with E-state index in [2.05, 4.69) is 10.6 Å². The molecule has 4 amide bonds. The van der Waals surface area contributed by atoms with Crippen LogP contribution < -0.4 is 15.5 Å². The number of non-ortho nitro benzene ring substituents is 1. The first-order valence-corrected chi connectivity index (χ1v) is 9.66. The molecule has 2 aromatic carbocycles. The summed E-state index contributed by atoms with van der Waals surface area (Å²) in [5.74, 6) is -1.23. The number of rotatable bonds is 2. The predicted molar refractivity (Wildman–Crippen MR) is 106 cm³/mol. The van der Waals surface area contributed by atoms with Crippen LogP contribution in [0.2, 0.25) is 0 Å². The first-order valence-electron chi connectivity index (χ1n) is 9.66. The number of barbiturate groups is 1. The Kier molecular flexibility index (Phi) is 3.89. The molecule has 1 spiro atoms. The van der Waals surface area contributed by atoms with Crippen molar-refractivity contribution in [1.29, 1.82) is 0 Å². The molecule has 0 aliphatic carbocycles. The molecule has 2 N–H and O–H groups in total. The number of urea groups is 1. The van der Waals surface area contributed by atoms with Gasteiger partial charge in [-0.15, -0.1) is 0 Å². The summed E-state index contributed by atoms with van der Waals surface area (Å²) in [6, 6.07) is 13.1. The highest BCUT2D eigenvalue weighted by atomic mass is 16.6. The normalized spacial score (nSPS) is 24.1. The smallest absolute Gasteiger partial charge is 0.328 e. The van der Waals surface area contributed by atoms with Crippen molar-refractivity contribution in [2.45, 2.75) is 24.8 Å². The molecule has 5 rings (SSSR count). The van der Waals surface area contributed by atoms with Gasteiger partial charge >= 0.3 is 6.03 Å². The summed E-state index contributed by atoms with van der Waals surface area (Å²) in [4.78, 5) is 50.6. The molecule has 0 radical (unpaired) electrons. The van der Waals surface area contributed by atoms with Crippen molar-refractivity contribution in [3.63, 3.8) is 0 Å². The number of carbonyl (C=O) groups is 3. The van der Waals surface area contributed by atoms with Crippen molar-refractivity contribution in [1.82, 2.24) is 10.6 Å². The monoisotopic (exact) mass is 406 g/mol. The van der Waals surface area contributed by atoms with E-state index in [1.165, 1.54) is 12.1 Å². The minimum Gasteiger partial charge on any atom is -0.366 e. The zero-order chi connectivity index (χ0) is 21.0. The lowest BCUT2D eigenvalue weighted by Crippen LogP contribution is -2.70. The minimum atomic E-state index is -1.53. The van der Waals surface area contributed by atoms with Crippen molar-refractivity contribution < 1.29 is 19.3 Å². The minimum absolute atomic E-state index is 0.00234. The third-order valence-corrected chi connectivity index (χ3v) is 6.46. The van der Waals surface area contributed by atoms with E-state index in [0.29, 0.717) is 18.5 Å². The second-order valence-electron chi connectivity index (χ2n) is 7.97. The van der Waals surface area contributed by atoms with Gasteiger partial charge in [-0.25, -0.2) is 4.79 Å². The molecule has 9 nitrogen and oxygen atoms in total. The maximum atomic E-state index is 13.1. The fraction of sp³-hybridized carbons (Fsp3) is 0.286. The Labute approximate surface area is 171 Å². The lowest BCUT2D eigenvalue weighted by atomic mass is 9.68. The van der Waals surface area contributed by atoms with Gasteiger partial charge in [-0.1, -0.05) is 30.3 Å². The van der Waals surface area contributed by atoms with Crippen LogP contribution in [0.1, 0.15) is 23.5 Å². The fourth-order valence-electron chi connectivity index (χ4n) is 5.09. The third kappa shape index (κ3) is 2.51. The molecule has 30 heavy (non-hydrogen) atoms. The highest BCUT2D eigenvalue weighted by molar-refractivity contribution is 6.20. The van der Waals surface area contributed by atoms with Crippen LogP contribution in [0.5, 0.6) is 0 Å². The van der Waals surface area contributed by atoms with Gasteiger partial charge in [0.25, 0.3) is 5.69 Å². The van der Waals surface area contributed by atoms with E-state index in [1.54, 1.807) is 6.07 Å². The van der Waals surface area contributed by atoms with Gasteiger partial charge in [0.15, 0.2) is 5.41 Å². The molecule has 2 saturated heterocycles. The summed E-state index contributed by atoms with van der Waals surface area (Å²) in [6.45, 7) is 0.565. The zero-order valence-electron chi connectivity index (χ0n) is 15.8. The van der Waals surface area contributed by atoms with Crippen LogP contribution in [-0.2, 0) is 16.0 Å². The van der Waals surface area contributed by atoms with Gasteiger partial charge in [0.05, 0.1) is 11.0 Å². The number of amides is 4. The summed E-state index contributed by atoms with van der Waals surface area (Å²) in [5.41, 5.74) is 0.799. The molecule has 2 fully saturated rings. The van der Waals surface area contributed by atoms with Gasteiger partial charge in [0.1, 0.15) is 0 Å². The molecule has 152 valence electrons.